The molecule has 4 atom stereocenters. The molecule has 8 heteroatoms. The number of aromatic hydroxyl groups is 1. The van der Waals surface area contributed by atoms with Crippen LogP contribution in [0.5, 0.6) is 5.75 Å². The van der Waals surface area contributed by atoms with Crippen LogP contribution < -0.4 is 10.2 Å². The molecule has 0 aliphatic carbocycles. The number of nitrogens with one attached hydrogen (secondary N) is 2. The molecule has 2 bridgehead atoms. The minimum absolute atomic E-state index is 0.0564. The number of halogens is 1. The first-order valence-electron chi connectivity index (χ1n) is 9.89. The molecule has 7 nitrogen and oxygen atoms in total. The van der Waals surface area contributed by atoms with E-state index in [2.05, 4.69) is 25.7 Å². The van der Waals surface area contributed by atoms with Crippen LogP contribution in [0.4, 0.5) is 10.2 Å². The van der Waals surface area contributed by atoms with E-state index < -0.39 is 6.17 Å². The van der Waals surface area contributed by atoms with E-state index in [9.17, 15) is 9.50 Å². The van der Waals surface area contributed by atoms with Crippen molar-refractivity contribution in [2.24, 2.45) is 0 Å². The van der Waals surface area contributed by atoms with E-state index in [1.54, 1.807) is 18.5 Å². The number of hydrogen-bond acceptors (Lipinski definition) is 6. The van der Waals surface area contributed by atoms with E-state index in [4.69, 9.17) is 0 Å². The Morgan fingerprint density at radius 3 is 2.76 bits per heavy atom. The summed E-state index contributed by atoms with van der Waals surface area (Å²) in [5.74, 6) is 0.759. The van der Waals surface area contributed by atoms with Crippen molar-refractivity contribution in [3.63, 3.8) is 0 Å². The van der Waals surface area contributed by atoms with E-state index in [0.717, 1.165) is 30.4 Å². The van der Waals surface area contributed by atoms with Crippen LogP contribution in [0.3, 0.4) is 0 Å². The predicted octanol–water partition coefficient (Wildman–Crippen LogP) is 2.91. The molecule has 2 aromatic heterocycles. The van der Waals surface area contributed by atoms with E-state index in [-0.39, 0.29) is 17.8 Å². The third kappa shape index (κ3) is 3.23. The number of piperidine rings is 1. The Bertz CT molecular complexity index is 993. The van der Waals surface area contributed by atoms with Crippen LogP contribution in [-0.4, -0.2) is 56.8 Å². The van der Waals surface area contributed by atoms with Gasteiger partial charge >= 0.3 is 0 Å². The molecule has 2 aliphatic rings. The van der Waals surface area contributed by atoms with Crippen LogP contribution in [0.1, 0.15) is 19.3 Å². The zero-order valence-corrected chi connectivity index (χ0v) is 16.1. The van der Waals surface area contributed by atoms with Crippen molar-refractivity contribution in [1.29, 1.82) is 0 Å². The van der Waals surface area contributed by atoms with Crippen LogP contribution in [0, 0.1) is 0 Å². The summed E-state index contributed by atoms with van der Waals surface area (Å²) in [6.07, 6.45) is 5.25. The Labute approximate surface area is 168 Å². The van der Waals surface area contributed by atoms with Crippen LogP contribution >= 0.6 is 0 Å². The van der Waals surface area contributed by atoms with Crippen molar-refractivity contribution >= 4 is 5.82 Å². The minimum Gasteiger partial charge on any atom is -0.507 e. The van der Waals surface area contributed by atoms with Gasteiger partial charge in [-0.15, -0.1) is 10.2 Å². The first-order chi connectivity index (χ1) is 14.1. The fourth-order valence-corrected chi connectivity index (χ4v) is 4.51. The topological polar surface area (TPSA) is 90.0 Å². The fraction of sp³-hybridized carbons (Fsp3) is 0.381. The minimum atomic E-state index is -0.917. The number of aromatic amines is 1. The summed E-state index contributed by atoms with van der Waals surface area (Å²) in [5, 5.41) is 29.1. The lowest BCUT2D eigenvalue weighted by atomic mass is 9.96. The molecule has 3 N–H and O–H groups in total. The second kappa shape index (κ2) is 7.11. The lowest BCUT2D eigenvalue weighted by Gasteiger charge is -2.38. The molecule has 3 aromatic rings. The molecule has 2 unspecified atom stereocenters. The number of hydrogen-bond donors (Lipinski definition) is 3. The number of phenols is 1. The van der Waals surface area contributed by atoms with Crippen LogP contribution in [0.25, 0.3) is 22.4 Å². The summed E-state index contributed by atoms with van der Waals surface area (Å²) in [7, 11) is 1.88. The Morgan fingerprint density at radius 1 is 1.14 bits per heavy atom. The smallest absolute Gasteiger partial charge is 0.151 e. The van der Waals surface area contributed by atoms with Crippen molar-refractivity contribution in [2.75, 3.05) is 11.9 Å². The molecular formula is C21H23FN6O. The maximum Gasteiger partial charge on any atom is 0.151 e. The Balaban J connectivity index is 1.36. The molecule has 2 fully saturated rings. The van der Waals surface area contributed by atoms with E-state index in [0.29, 0.717) is 23.1 Å². The van der Waals surface area contributed by atoms with Crippen molar-refractivity contribution in [2.45, 2.75) is 43.6 Å². The molecule has 5 rings (SSSR count). The average molecular weight is 394 g/mol. The number of aromatic nitrogens is 4. The van der Waals surface area contributed by atoms with E-state index in [1.165, 1.54) is 0 Å². The average Bonchev–Trinajstić information content (AvgIpc) is 3.41. The normalized spacial score (nSPS) is 25.9. The molecule has 0 spiro atoms. The molecule has 2 saturated heterocycles. The first kappa shape index (κ1) is 18.1. The van der Waals surface area contributed by atoms with Gasteiger partial charge in [-0.05, 0) is 49.1 Å². The number of nitrogens with zero attached hydrogens (tertiary/aromatic N) is 4. The van der Waals surface area contributed by atoms with E-state index in [1.807, 2.05) is 36.2 Å². The van der Waals surface area contributed by atoms with Gasteiger partial charge < -0.3 is 15.3 Å². The van der Waals surface area contributed by atoms with Crippen LogP contribution in [0.15, 0.2) is 42.7 Å². The highest BCUT2D eigenvalue weighted by molar-refractivity contribution is 5.73. The van der Waals surface area contributed by atoms with Gasteiger partial charge in [0.2, 0.25) is 0 Å². The standard InChI is InChI=1S/C21H23FN6O/c1-28(18-9-14-3-5-17(25-14)21(18)22)20-7-6-16(26-27-20)15-4-2-12(8-19(15)29)13-10-23-24-11-13/h2,4,6-8,10-11,14,17-18,21,25,29H,3,5,9H2,1H3,(H,23,24)/t14?,17?,18-,21+/m0/s1. The van der Waals surface area contributed by atoms with Crippen molar-refractivity contribution < 1.29 is 9.50 Å². The fourth-order valence-electron chi connectivity index (χ4n) is 4.51. The summed E-state index contributed by atoms with van der Waals surface area (Å²) < 4.78 is 14.8. The maximum absolute atomic E-state index is 14.8. The number of H-pyrrole nitrogens is 1. The van der Waals surface area contributed by atoms with Gasteiger partial charge in [0.1, 0.15) is 11.9 Å². The molecule has 150 valence electrons. The number of phenolic OH excluding ortho intramolecular Hbond substituents is 1. The van der Waals surface area contributed by atoms with Gasteiger partial charge in [-0.1, -0.05) is 6.07 Å². The summed E-state index contributed by atoms with van der Waals surface area (Å²) in [4.78, 5) is 1.90. The summed E-state index contributed by atoms with van der Waals surface area (Å²) >= 11 is 0. The SMILES string of the molecule is CN(c1ccc(-c2ccc(-c3cn[nH]c3)cc2O)nn1)[C@H]1CC2CCC(N2)[C@H]1F. The summed E-state index contributed by atoms with van der Waals surface area (Å²) in [6.45, 7) is 0. The van der Waals surface area contributed by atoms with Crippen molar-refractivity contribution in [3.8, 4) is 28.1 Å². The van der Waals surface area contributed by atoms with Crippen LogP contribution in [-0.2, 0) is 0 Å². The highest BCUT2D eigenvalue weighted by Gasteiger charge is 2.43. The Hall–Kier alpha value is -3.00. The molecule has 2 aliphatic heterocycles. The van der Waals surface area contributed by atoms with Crippen molar-refractivity contribution in [1.82, 2.24) is 25.7 Å². The number of alkyl halides is 1. The van der Waals surface area contributed by atoms with Gasteiger partial charge in [0, 0.05) is 36.5 Å². The second-order valence-corrected chi connectivity index (χ2v) is 7.90. The van der Waals surface area contributed by atoms with Crippen molar-refractivity contribution in [3.05, 3.63) is 42.7 Å². The molecule has 0 radical (unpaired) electrons. The quantitative estimate of drug-likeness (QED) is 0.630. The number of benzene rings is 1. The zero-order valence-electron chi connectivity index (χ0n) is 16.1. The maximum atomic E-state index is 14.8. The number of rotatable bonds is 4. The molecule has 29 heavy (non-hydrogen) atoms. The highest BCUT2D eigenvalue weighted by atomic mass is 19.1. The zero-order chi connectivity index (χ0) is 20.0. The second-order valence-electron chi connectivity index (χ2n) is 7.90. The third-order valence-electron chi connectivity index (χ3n) is 6.17. The Kier molecular flexibility index (Phi) is 4.43. The lowest BCUT2D eigenvalue weighted by molar-refractivity contribution is 0.176. The molecule has 4 heterocycles. The molecule has 1 aromatic carbocycles. The van der Waals surface area contributed by atoms with Gasteiger partial charge in [0.15, 0.2) is 5.82 Å². The van der Waals surface area contributed by atoms with Gasteiger partial charge in [-0.25, -0.2) is 4.39 Å². The van der Waals surface area contributed by atoms with Crippen LogP contribution in [0.2, 0.25) is 0 Å². The van der Waals surface area contributed by atoms with Gasteiger partial charge in [-0.3, -0.25) is 5.10 Å². The number of anilines is 1. The Morgan fingerprint density at radius 2 is 2.03 bits per heavy atom. The number of fused-ring (bicyclic) bond motifs is 2. The first-order valence-corrected chi connectivity index (χ1v) is 9.89. The van der Waals surface area contributed by atoms with Gasteiger partial charge in [-0.2, -0.15) is 5.10 Å². The van der Waals surface area contributed by atoms with E-state index >= 15 is 0 Å². The summed E-state index contributed by atoms with van der Waals surface area (Å²) in [5.41, 5.74) is 2.92. The summed E-state index contributed by atoms with van der Waals surface area (Å²) in [6, 6.07) is 9.18. The molecular weight excluding hydrogens is 371 g/mol. The molecule has 0 saturated carbocycles. The molecule has 0 amide bonds. The monoisotopic (exact) mass is 394 g/mol. The largest absolute Gasteiger partial charge is 0.507 e. The highest BCUT2D eigenvalue weighted by Crippen LogP contribution is 2.35. The van der Waals surface area contributed by atoms with Gasteiger partial charge in [0.05, 0.1) is 17.9 Å². The van der Waals surface area contributed by atoms with Gasteiger partial charge in [0.25, 0.3) is 0 Å². The third-order valence-corrected chi connectivity index (χ3v) is 6.17. The lowest BCUT2D eigenvalue weighted by Crippen LogP contribution is -2.55. The predicted molar refractivity (Wildman–Crippen MR) is 108 cm³/mol.